The number of allylic oxidation sites excluding steroid dienone is 12. The van der Waals surface area contributed by atoms with Gasteiger partial charge in [-0.25, -0.2) is 4.18 Å². The van der Waals surface area contributed by atoms with E-state index in [-0.39, 0.29) is 19.6 Å². The number of esters is 1. The first-order chi connectivity index (χ1) is 32.1. The van der Waals surface area contributed by atoms with Gasteiger partial charge in [-0.2, -0.15) is 8.42 Å². The lowest BCUT2D eigenvalue weighted by molar-refractivity contribution is -0.301. The van der Waals surface area contributed by atoms with Crippen molar-refractivity contribution in [2.75, 3.05) is 26.4 Å². The van der Waals surface area contributed by atoms with E-state index in [2.05, 4.69) is 90.9 Å². The van der Waals surface area contributed by atoms with Crippen LogP contribution >= 0.6 is 0 Å². The molecular formula is C53H92O12S. The highest BCUT2D eigenvalue weighted by Gasteiger charge is 2.48. The molecule has 1 aliphatic rings. The second-order valence-electron chi connectivity index (χ2n) is 17.4. The number of carbonyl (C=O) groups is 1. The highest BCUT2D eigenvalue weighted by Crippen LogP contribution is 2.26. The number of ether oxygens (including phenoxy) is 4. The second kappa shape index (κ2) is 43.8. The summed E-state index contributed by atoms with van der Waals surface area (Å²) < 4.78 is 59.2. The first-order valence-electron chi connectivity index (χ1n) is 25.7. The van der Waals surface area contributed by atoms with Crippen LogP contribution in [0.1, 0.15) is 194 Å². The summed E-state index contributed by atoms with van der Waals surface area (Å²) in [6, 6.07) is 0. The molecule has 0 radical (unpaired) electrons. The normalized spacial score (nSPS) is 20.1. The maximum absolute atomic E-state index is 12.9. The van der Waals surface area contributed by atoms with Gasteiger partial charge < -0.3 is 34.3 Å². The lowest BCUT2D eigenvalue weighted by Gasteiger charge is -2.41. The molecule has 0 aromatic rings. The van der Waals surface area contributed by atoms with Crippen LogP contribution in [0, 0.1) is 0 Å². The van der Waals surface area contributed by atoms with Crippen molar-refractivity contribution in [2.24, 2.45) is 0 Å². The van der Waals surface area contributed by atoms with E-state index in [1.807, 2.05) is 0 Å². The van der Waals surface area contributed by atoms with E-state index in [0.717, 1.165) is 96.3 Å². The Morgan fingerprint density at radius 2 is 1.05 bits per heavy atom. The van der Waals surface area contributed by atoms with Crippen molar-refractivity contribution in [3.8, 4) is 0 Å². The van der Waals surface area contributed by atoms with E-state index in [4.69, 9.17) is 18.9 Å². The number of aliphatic hydroxyl groups excluding tert-OH is 3. The first-order valence-corrected chi connectivity index (χ1v) is 27.1. The first kappa shape index (κ1) is 61.6. The van der Waals surface area contributed by atoms with Crippen molar-refractivity contribution in [1.29, 1.82) is 0 Å². The zero-order valence-corrected chi connectivity index (χ0v) is 41.8. The van der Waals surface area contributed by atoms with E-state index in [1.165, 1.54) is 70.6 Å². The fraction of sp³-hybridized carbons (Fsp3) is 0.755. The number of hydrogen-bond acceptors (Lipinski definition) is 11. The van der Waals surface area contributed by atoms with Crippen LogP contribution in [0.5, 0.6) is 0 Å². The van der Waals surface area contributed by atoms with Crippen LogP contribution in [-0.4, -0.2) is 97.5 Å². The largest absolute Gasteiger partial charge is 0.457 e. The Labute approximate surface area is 401 Å². The lowest BCUT2D eigenvalue weighted by Crippen LogP contribution is -2.60. The van der Waals surface area contributed by atoms with Gasteiger partial charge in [0.1, 0.15) is 30.5 Å². The predicted octanol–water partition coefficient (Wildman–Crippen LogP) is 11.9. The molecule has 66 heavy (non-hydrogen) atoms. The Morgan fingerprint density at radius 3 is 1.53 bits per heavy atom. The highest BCUT2D eigenvalue weighted by atomic mass is 32.3. The maximum Gasteiger partial charge on any atom is 0.397 e. The van der Waals surface area contributed by atoms with Crippen LogP contribution in [-0.2, 0) is 38.3 Å². The van der Waals surface area contributed by atoms with E-state index in [0.29, 0.717) is 13.0 Å². The number of carbonyl (C=O) groups excluding carboxylic acids is 1. The van der Waals surface area contributed by atoms with Gasteiger partial charge in [-0.05, 0) is 83.5 Å². The molecule has 4 N–H and O–H groups in total. The van der Waals surface area contributed by atoms with Gasteiger partial charge in [-0.1, -0.05) is 177 Å². The fourth-order valence-corrected chi connectivity index (χ4v) is 7.97. The number of hydrogen-bond donors (Lipinski definition) is 4. The van der Waals surface area contributed by atoms with Crippen LogP contribution in [0.2, 0.25) is 0 Å². The number of unbranched alkanes of at least 4 members (excludes halogenated alkanes) is 19. The third-order valence-corrected chi connectivity index (χ3v) is 11.8. The molecule has 0 aromatic carbocycles. The molecule has 6 atom stereocenters. The Hall–Kier alpha value is -2.46. The lowest BCUT2D eigenvalue weighted by atomic mass is 9.99. The molecule has 1 rings (SSSR count). The van der Waals surface area contributed by atoms with E-state index >= 15 is 0 Å². The maximum atomic E-state index is 12.9. The van der Waals surface area contributed by atoms with Crippen molar-refractivity contribution in [1.82, 2.24) is 0 Å². The Bertz CT molecular complexity index is 1420. The van der Waals surface area contributed by atoms with Gasteiger partial charge >= 0.3 is 16.4 Å². The summed E-state index contributed by atoms with van der Waals surface area (Å²) in [6.07, 6.45) is 47.8. The summed E-state index contributed by atoms with van der Waals surface area (Å²) >= 11 is 0. The molecular weight excluding hydrogens is 861 g/mol. The smallest absolute Gasteiger partial charge is 0.397 e. The Balaban J connectivity index is 2.38. The van der Waals surface area contributed by atoms with Gasteiger partial charge in [0.15, 0.2) is 6.29 Å². The van der Waals surface area contributed by atoms with Crippen LogP contribution in [0.15, 0.2) is 72.9 Å². The quantitative estimate of drug-likeness (QED) is 0.0197. The summed E-state index contributed by atoms with van der Waals surface area (Å²) in [6.45, 7) is 3.82. The van der Waals surface area contributed by atoms with Gasteiger partial charge in [0.25, 0.3) is 0 Å². The van der Waals surface area contributed by atoms with Crippen LogP contribution in [0.25, 0.3) is 0 Å². The van der Waals surface area contributed by atoms with E-state index < -0.39 is 59.8 Å². The third-order valence-electron chi connectivity index (χ3n) is 11.3. The third kappa shape index (κ3) is 36.6. The standard InChI is InChI=1S/C53H92O12S/c1-3-5-7-9-11-13-15-17-19-21-23-24-25-26-28-30-32-34-36-38-40-42-49(55)63-47(46-62-53-51(57)52(65-66(58,59)60)50(56)48(44-54)64-53)45-61-43-41-39-37-35-33-31-29-27-22-20-18-16-14-12-10-8-6-4-2/h6,8,12,14-15,17-18,20-21,23,27,29,47-48,50-54,56-57H,3-5,7,9-11,13,16,19,22,24-26,28,30-46H2,1-2H3,(H,58,59,60)/b8-6-,14-12-,17-15-,20-18-,23-21-,29-27-. The Kier molecular flexibility index (Phi) is 40.8. The summed E-state index contributed by atoms with van der Waals surface area (Å²) in [5, 5.41) is 30.8. The van der Waals surface area contributed by atoms with Crippen LogP contribution in [0.4, 0.5) is 0 Å². The molecule has 13 heteroatoms. The molecule has 0 aromatic heterocycles. The topological polar surface area (TPSA) is 178 Å². The molecule has 0 bridgehead atoms. The molecule has 0 amide bonds. The molecule has 1 aliphatic heterocycles. The molecule has 12 nitrogen and oxygen atoms in total. The molecule has 382 valence electrons. The van der Waals surface area contributed by atoms with Crippen molar-refractivity contribution >= 4 is 16.4 Å². The van der Waals surface area contributed by atoms with Gasteiger partial charge in [0.2, 0.25) is 0 Å². The summed E-state index contributed by atoms with van der Waals surface area (Å²) in [5.41, 5.74) is 0. The van der Waals surface area contributed by atoms with Gasteiger partial charge in [0.05, 0.1) is 19.8 Å². The van der Waals surface area contributed by atoms with Crippen molar-refractivity contribution in [2.45, 2.75) is 230 Å². The SMILES string of the molecule is CC/C=C\C/C=C\C/C=C\C/C=C\CCCCCCCOCC(COC1OC(CO)C(O)C(OS(=O)(=O)O)C1O)OC(=O)CCCCCCCCCCC/C=C\C/C=C\CCCCCCC. The minimum Gasteiger partial charge on any atom is -0.457 e. The molecule has 0 spiro atoms. The second-order valence-corrected chi connectivity index (χ2v) is 18.4. The Morgan fingerprint density at radius 1 is 0.591 bits per heavy atom. The summed E-state index contributed by atoms with van der Waals surface area (Å²) in [7, 11) is -5.07. The number of rotatable bonds is 44. The molecule has 1 heterocycles. The molecule has 0 aliphatic carbocycles. The minimum absolute atomic E-state index is 0.0182. The van der Waals surface area contributed by atoms with Crippen LogP contribution in [0.3, 0.4) is 0 Å². The van der Waals surface area contributed by atoms with E-state index in [9.17, 15) is 33.1 Å². The number of aliphatic hydroxyl groups is 3. The zero-order chi connectivity index (χ0) is 48.2. The van der Waals surface area contributed by atoms with Gasteiger partial charge in [-0.3, -0.25) is 9.35 Å². The average molecular weight is 953 g/mol. The monoisotopic (exact) mass is 953 g/mol. The van der Waals surface area contributed by atoms with E-state index in [1.54, 1.807) is 0 Å². The molecule has 6 unspecified atom stereocenters. The van der Waals surface area contributed by atoms with Gasteiger partial charge in [0, 0.05) is 13.0 Å². The predicted molar refractivity (Wildman–Crippen MR) is 266 cm³/mol. The highest BCUT2D eigenvalue weighted by molar-refractivity contribution is 7.80. The van der Waals surface area contributed by atoms with Crippen LogP contribution < -0.4 is 0 Å². The molecule has 1 fully saturated rings. The van der Waals surface area contributed by atoms with Gasteiger partial charge in [-0.15, -0.1) is 0 Å². The zero-order valence-electron chi connectivity index (χ0n) is 41.0. The fourth-order valence-electron chi connectivity index (χ4n) is 7.46. The summed E-state index contributed by atoms with van der Waals surface area (Å²) in [5.74, 6) is -0.412. The van der Waals surface area contributed by atoms with Crippen molar-refractivity contribution in [3.05, 3.63) is 72.9 Å². The summed E-state index contributed by atoms with van der Waals surface area (Å²) in [4.78, 5) is 12.9. The minimum atomic E-state index is -5.07. The average Bonchev–Trinajstić information content (AvgIpc) is 3.29. The molecule has 0 saturated carbocycles. The molecule has 1 saturated heterocycles. The van der Waals surface area contributed by atoms with Crippen molar-refractivity contribution < 1.29 is 56.2 Å². The van der Waals surface area contributed by atoms with Crippen molar-refractivity contribution in [3.63, 3.8) is 0 Å².